The summed E-state index contributed by atoms with van der Waals surface area (Å²) in [5.74, 6) is 1.19. The molecule has 1 N–H and O–H groups in total. The summed E-state index contributed by atoms with van der Waals surface area (Å²) in [7, 11) is 1.67. The molecule has 3 nitrogen and oxygen atoms in total. The third-order valence-electron chi connectivity index (χ3n) is 3.54. The van der Waals surface area contributed by atoms with Crippen LogP contribution in [0.15, 0.2) is 12.1 Å². The zero-order chi connectivity index (χ0) is 15.3. The van der Waals surface area contributed by atoms with Crippen LogP contribution in [0.4, 0.5) is 0 Å². The van der Waals surface area contributed by atoms with Crippen LogP contribution >= 0.6 is 0 Å². The van der Waals surface area contributed by atoms with Crippen LogP contribution in [-0.4, -0.2) is 19.1 Å². The highest BCUT2D eigenvalue weighted by atomic mass is 16.5. The lowest BCUT2D eigenvalue weighted by Crippen LogP contribution is -2.32. The second kappa shape index (κ2) is 7.32. The third-order valence-corrected chi connectivity index (χ3v) is 3.54. The van der Waals surface area contributed by atoms with Crippen molar-refractivity contribution in [2.75, 3.05) is 7.11 Å². The van der Waals surface area contributed by atoms with E-state index in [0.29, 0.717) is 5.92 Å². The molecule has 0 unspecified atom stereocenters. The minimum Gasteiger partial charge on any atom is -0.496 e. The van der Waals surface area contributed by atoms with Crippen LogP contribution in [0.25, 0.3) is 0 Å². The Morgan fingerprint density at radius 1 is 1.30 bits per heavy atom. The monoisotopic (exact) mass is 277 g/mol. The van der Waals surface area contributed by atoms with Gasteiger partial charge in [0.05, 0.1) is 7.11 Å². The fraction of sp³-hybridized carbons (Fsp3) is 0.588. The highest BCUT2D eigenvalue weighted by Gasteiger charge is 2.16. The number of carbonyl (C=O) groups is 1. The molecule has 0 fully saturated rings. The van der Waals surface area contributed by atoms with Crippen LogP contribution in [0.5, 0.6) is 5.75 Å². The quantitative estimate of drug-likeness (QED) is 0.852. The molecule has 0 bridgehead atoms. The van der Waals surface area contributed by atoms with Gasteiger partial charge in [-0.3, -0.25) is 4.79 Å². The fourth-order valence-electron chi connectivity index (χ4n) is 2.38. The van der Waals surface area contributed by atoms with Crippen LogP contribution in [0.1, 0.15) is 67.9 Å². The maximum Gasteiger partial charge on any atom is 0.251 e. The van der Waals surface area contributed by atoms with Gasteiger partial charge in [-0.2, -0.15) is 0 Å². The molecule has 0 saturated heterocycles. The Kier molecular flexibility index (Phi) is 6.05. The molecule has 0 aliphatic carbocycles. The number of benzene rings is 1. The number of nitrogens with one attached hydrogen (secondary N) is 1. The zero-order valence-electron chi connectivity index (χ0n) is 13.5. The number of ether oxygens (including phenoxy) is 1. The maximum atomic E-state index is 12.4. The summed E-state index contributed by atoms with van der Waals surface area (Å²) in [5, 5.41) is 3.06. The number of hydrogen-bond acceptors (Lipinski definition) is 2. The first-order chi connectivity index (χ1) is 9.40. The largest absolute Gasteiger partial charge is 0.496 e. The topological polar surface area (TPSA) is 38.3 Å². The molecule has 1 aromatic rings. The smallest absolute Gasteiger partial charge is 0.251 e. The molecule has 0 saturated carbocycles. The molecule has 0 heterocycles. The lowest BCUT2D eigenvalue weighted by Gasteiger charge is -2.18. The van der Waals surface area contributed by atoms with E-state index in [1.165, 1.54) is 0 Å². The van der Waals surface area contributed by atoms with Crippen molar-refractivity contribution >= 4 is 5.91 Å². The molecule has 3 heteroatoms. The number of hydrogen-bond donors (Lipinski definition) is 1. The van der Waals surface area contributed by atoms with Crippen molar-refractivity contribution in [1.29, 1.82) is 0 Å². The van der Waals surface area contributed by atoms with Crippen LogP contribution in [-0.2, 0) is 0 Å². The number of carbonyl (C=O) groups excluding carboxylic acids is 1. The first-order valence-electron chi connectivity index (χ1n) is 7.40. The van der Waals surface area contributed by atoms with E-state index >= 15 is 0 Å². The fourth-order valence-corrected chi connectivity index (χ4v) is 2.38. The van der Waals surface area contributed by atoms with Gasteiger partial charge >= 0.3 is 0 Å². The van der Waals surface area contributed by atoms with E-state index in [4.69, 9.17) is 4.74 Å². The van der Waals surface area contributed by atoms with Gasteiger partial charge in [0.15, 0.2) is 0 Å². The molecule has 1 rings (SSSR count). The molecule has 0 aliphatic rings. The Hall–Kier alpha value is -1.51. The Labute approximate surface area is 122 Å². The van der Waals surface area contributed by atoms with Gasteiger partial charge in [-0.25, -0.2) is 0 Å². The van der Waals surface area contributed by atoms with Crippen molar-refractivity contribution in [2.24, 2.45) is 0 Å². The zero-order valence-corrected chi connectivity index (χ0v) is 13.5. The molecule has 0 spiro atoms. The van der Waals surface area contributed by atoms with Crippen molar-refractivity contribution in [1.82, 2.24) is 5.32 Å². The van der Waals surface area contributed by atoms with E-state index in [2.05, 4.69) is 26.1 Å². The summed E-state index contributed by atoms with van der Waals surface area (Å²) >= 11 is 0. The van der Waals surface area contributed by atoms with Gasteiger partial charge in [0.1, 0.15) is 5.75 Å². The Balaban J connectivity index is 3.05. The van der Waals surface area contributed by atoms with E-state index in [1.807, 2.05) is 26.0 Å². The summed E-state index contributed by atoms with van der Waals surface area (Å²) in [6.45, 7) is 10.3. The van der Waals surface area contributed by atoms with Crippen molar-refractivity contribution in [3.63, 3.8) is 0 Å². The van der Waals surface area contributed by atoms with Gasteiger partial charge in [-0.15, -0.1) is 0 Å². The van der Waals surface area contributed by atoms with Crippen molar-refractivity contribution < 1.29 is 9.53 Å². The van der Waals surface area contributed by atoms with Crippen LogP contribution in [0, 0.1) is 6.92 Å². The van der Waals surface area contributed by atoms with Gasteiger partial charge in [0.25, 0.3) is 5.91 Å². The second-order valence-electron chi connectivity index (χ2n) is 5.73. The summed E-state index contributed by atoms with van der Waals surface area (Å²) < 4.78 is 5.41. The van der Waals surface area contributed by atoms with Crippen molar-refractivity contribution in [3.8, 4) is 5.75 Å². The third kappa shape index (κ3) is 3.99. The van der Waals surface area contributed by atoms with E-state index in [9.17, 15) is 4.79 Å². The van der Waals surface area contributed by atoms with E-state index in [0.717, 1.165) is 35.3 Å². The Bertz CT molecular complexity index is 466. The lowest BCUT2D eigenvalue weighted by atomic mass is 9.96. The maximum absolute atomic E-state index is 12.4. The average molecular weight is 277 g/mol. The van der Waals surface area contributed by atoms with Gasteiger partial charge < -0.3 is 10.1 Å². The predicted molar refractivity (Wildman–Crippen MR) is 83.7 cm³/mol. The van der Waals surface area contributed by atoms with Crippen molar-refractivity contribution in [3.05, 3.63) is 28.8 Å². The molecule has 112 valence electrons. The standard InChI is InChI=1S/C17H27NO2/c1-7-8-13(5)18-17(19)15-10-14(11(2)3)16(20-6)9-12(15)4/h9-11,13H,7-8H2,1-6H3,(H,18,19)/t13-/m0/s1. The molecule has 0 aromatic heterocycles. The van der Waals surface area contributed by atoms with E-state index in [-0.39, 0.29) is 11.9 Å². The van der Waals surface area contributed by atoms with E-state index < -0.39 is 0 Å². The molecular formula is C17H27NO2. The number of aryl methyl sites for hydroxylation is 1. The highest BCUT2D eigenvalue weighted by molar-refractivity contribution is 5.96. The number of amides is 1. The molecule has 1 amide bonds. The number of rotatable bonds is 6. The summed E-state index contributed by atoms with van der Waals surface area (Å²) in [6, 6.07) is 4.12. The van der Waals surface area contributed by atoms with Gasteiger partial charge in [-0.1, -0.05) is 27.2 Å². The summed E-state index contributed by atoms with van der Waals surface area (Å²) in [5.41, 5.74) is 2.77. The first-order valence-corrected chi connectivity index (χ1v) is 7.40. The minimum absolute atomic E-state index is 0.00741. The summed E-state index contributed by atoms with van der Waals surface area (Å²) in [6.07, 6.45) is 2.07. The molecule has 1 atom stereocenters. The highest BCUT2D eigenvalue weighted by Crippen LogP contribution is 2.29. The summed E-state index contributed by atoms with van der Waals surface area (Å²) in [4.78, 5) is 12.4. The Morgan fingerprint density at radius 3 is 2.45 bits per heavy atom. The van der Waals surface area contributed by atoms with Crippen LogP contribution in [0.3, 0.4) is 0 Å². The normalized spacial score (nSPS) is 12.3. The van der Waals surface area contributed by atoms with Gasteiger partial charge in [0, 0.05) is 11.6 Å². The predicted octanol–water partition coefficient (Wildman–Crippen LogP) is 4.05. The first kappa shape index (κ1) is 16.5. The van der Waals surface area contributed by atoms with E-state index in [1.54, 1.807) is 7.11 Å². The van der Waals surface area contributed by atoms with Gasteiger partial charge in [-0.05, 0) is 49.4 Å². The molecular weight excluding hydrogens is 250 g/mol. The van der Waals surface area contributed by atoms with Crippen LogP contribution in [0.2, 0.25) is 0 Å². The molecule has 0 aliphatic heterocycles. The molecule has 20 heavy (non-hydrogen) atoms. The average Bonchev–Trinajstić information content (AvgIpc) is 2.37. The van der Waals surface area contributed by atoms with Crippen molar-refractivity contribution in [2.45, 2.75) is 59.4 Å². The molecule has 0 radical (unpaired) electrons. The second-order valence-corrected chi connectivity index (χ2v) is 5.73. The minimum atomic E-state index is 0.00741. The number of methoxy groups -OCH3 is 1. The Morgan fingerprint density at radius 2 is 1.95 bits per heavy atom. The molecule has 1 aromatic carbocycles. The van der Waals surface area contributed by atoms with Crippen LogP contribution < -0.4 is 10.1 Å². The van der Waals surface area contributed by atoms with Gasteiger partial charge in [0.2, 0.25) is 0 Å². The SMILES string of the molecule is CCC[C@H](C)NC(=O)c1cc(C(C)C)c(OC)cc1C. The lowest BCUT2D eigenvalue weighted by molar-refractivity contribution is 0.0937.